The van der Waals surface area contributed by atoms with Gasteiger partial charge in [-0.15, -0.1) is 0 Å². The molecule has 2 unspecified atom stereocenters. The second-order valence-corrected chi connectivity index (χ2v) is 8.01. The van der Waals surface area contributed by atoms with Crippen molar-refractivity contribution in [2.75, 3.05) is 13.6 Å². The first-order valence-electron chi connectivity index (χ1n) is 8.34. The van der Waals surface area contributed by atoms with Gasteiger partial charge in [-0.05, 0) is 44.1 Å². The maximum atomic E-state index is 6.29. The Morgan fingerprint density at radius 2 is 1.68 bits per heavy atom. The summed E-state index contributed by atoms with van der Waals surface area (Å²) in [4.78, 5) is 2.71. The minimum atomic E-state index is 0.249. The van der Waals surface area contributed by atoms with Crippen LogP contribution in [0.1, 0.15) is 72.1 Å². The molecule has 0 aliphatic heterocycles. The van der Waals surface area contributed by atoms with Crippen LogP contribution in [-0.4, -0.2) is 30.1 Å². The van der Waals surface area contributed by atoms with E-state index in [9.17, 15) is 0 Å². The fourth-order valence-corrected chi connectivity index (χ4v) is 4.99. The first kappa shape index (κ1) is 15.3. The molecule has 0 spiro atoms. The second kappa shape index (κ2) is 5.73. The number of hydrogen-bond acceptors (Lipinski definition) is 2. The van der Waals surface area contributed by atoms with E-state index in [4.69, 9.17) is 5.73 Å². The molecule has 2 saturated carbocycles. The Morgan fingerprint density at radius 1 is 1.11 bits per heavy atom. The standard InChI is InChI=1S/C17H34N2/c1-14-11-16(2,3)12-17(14,13-18)19(4)15-9-7-5-6-8-10-15/h14-15H,5-13,18H2,1-4H3. The average molecular weight is 266 g/mol. The molecule has 2 aliphatic carbocycles. The number of nitrogens with two attached hydrogens (primary N) is 1. The van der Waals surface area contributed by atoms with E-state index in [0.29, 0.717) is 5.41 Å². The minimum absolute atomic E-state index is 0.249. The Morgan fingerprint density at radius 3 is 2.11 bits per heavy atom. The van der Waals surface area contributed by atoms with Crippen LogP contribution in [0.4, 0.5) is 0 Å². The number of hydrogen-bond donors (Lipinski definition) is 1. The van der Waals surface area contributed by atoms with E-state index in [1.807, 2.05) is 0 Å². The van der Waals surface area contributed by atoms with Crippen LogP contribution in [0.3, 0.4) is 0 Å². The van der Waals surface area contributed by atoms with Gasteiger partial charge in [0.25, 0.3) is 0 Å². The molecule has 0 aromatic heterocycles. The molecule has 0 heterocycles. The molecule has 112 valence electrons. The highest BCUT2D eigenvalue weighted by Crippen LogP contribution is 2.50. The number of nitrogens with zero attached hydrogens (tertiary/aromatic N) is 1. The van der Waals surface area contributed by atoms with E-state index >= 15 is 0 Å². The lowest BCUT2D eigenvalue weighted by atomic mass is 9.83. The lowest BCUT2D eigenvalue weighted by Gasteiger charge is -2.46. The maximum absolute atomic E-state index is 6.29. The van der Waals surface area contributed by atoms with Crippen LogP contribution in [-0.2, 0) is 0 Å². The zero-order valence-corrected chi connectivity index (χ0v) is 13.5. The fourth-order valence-electron chi connectivity index (χ4n) is 4.99. The van der Waals surface area contributed by atoms with Crippen molar-refractivity contribution in [3.63, 3.8) is 0 Å². The Bertz CT molecular complexity index is 292. The largest absolute Gasteiger partial charge is 0.329 e. The van der Waals surface area contributed by atoms with Gasteiger partial charge in [0.05, 0.1) is 0 Å². The van der Waals surface area contributed by atoms with E-state index in [0.717, 1.165) is 18.5 Å². The van der Waals surface area contributed by atoms with Crippen molar-refractivity contribution in [3.05, 3.63) is 0 Å². The maximum Gasteiger partial charge on any atom is 0.0362 e. The lowest BCUT2D eigenvalue weighted by Crippen LogP contribution is -2.57. The van der Waals surface area contributed by atoms with Gasteiger partial charge in [-0.25, -0.2) is 0 Å². The zero-order chi connectivity index (χ0) is 14.1. The highest BCUT2D eigenvalue weighted by Gasteiger charge is 2.51. The molecule has 0 aromatic carbocycles. The van der Waals surface area contributed by atoms with E-state index in [1.54, 1.807) is 0 Å². The molecular weight excluding hydrogens is 232 g/mol. The quantitative estimate of drug-likeness (QED) is 0.787. The summed E-state index contributed by atoms with van der Waals surface area (Å²) in [5.74, 6) is 0.723. The van der Waals surface area contributed by atoms with Crippen LogP contribution in [0.25, 0.3) is 0 Å². The summed E-state index contributed by atoms with van der Waals surface area (Å²) >= 11 is 0. The van der Waals surface area contributed by atoms with Crippen LogP contribution in [0.15, 0.2) is 0 Å². The lowest BCUT2D eigenvalue weighted by molar-refractivity contribution is 0.0382. The molecule has 0 saturated heterocycles. The van der Waals surface area contributed by atoms with Crippen LogP contribution in [0, 0.1) is 11.3 Å². The van der Waals surface area contributed by atoms with Crippen molar-refractivity contribution in [3.8, 4) is 0 Å². The third kappa shape index (κ3) is 3.00. The van der Waals surface area contributed by atoms with E-state index in [1.165, 1.54) is 51.4 Å². The van der Waals surface area contributed by atoms with Gasteiger partial charge in [0, 0.05) is 18.1 Å². The van der Waals surface area contributed by atoms with Gasteiger partial charge < -0.3 is 5.73 Å². The fraction of sp³-hybridized carbons (Fsp3) is 1.00. The van der Waals surface area contributed by atoms with Crippen LogP contribution in [0.5, 0.6) is 0 Å². The summed E-state index contributed by atoms with van der Waals surface area (Å²) in [5.41, 5.74) is 6.99. The predicted octanol–water partition coefficient (Wildman–Crippen LogP) is 3.79. The molecule has 2 nitrogen and oxygen atoms in total. The summed E-state index contributed by atoms with van der Waals surface area (Å²) in [7, 11) is 2.36. The van der Waals surface area contributed by atoms with E-state index in [-0.39, 0.29) is 5.54 Å². The van der Waals surface area contributed by atoms with Gasteiger partial charge in [0.1, 0.15) is 0 Å². The molecule has 19 heavy (non-hydrogen) atoms. The summed E-state index contributed by atoms with van der Waals surface area (Å²) in [6.45, 7) is 8.09. The third-order valence-electron chi connectivity index (χ3n) is 5.99. The highest BCUT2D eigenvalue weighted by atomic mass is 15.2. The number of likely N-dealkylation sites (N-methyl/N-ethyl adjacent to an activating group) is 1. The molecule has 0 amide bonds. The van der Waals surface area contributed by atoms with Gasteiger partial charge >= 0.3 is 0 Å². The first-order valence-corrected chi connectivity index (χ1v) is 8.34. The van der Waals surface area contributed by atoms with Crippen LogP contribution >= 0.6 is 0 Å². The second-order valence-electron chi connectivity index (χ2n) is 8.01. The van der Waals surface area contributed by atoms with Crippen molar-refractivity contribution in [1.82, 2.24) is 4.90 Å². The monoisotopic (exact) mass is 266 g/mol. The molecular formula is C17H34N2. The minimum Gasteiger partial charge on any atom is -0.329 e. The third-order valence-corrected chi connectivity index (χ3v) is 5.99. The molecule has 0 bridgehead atoms. The van der Waals surface area contributed by atoms with Crippen molar-refractivity contribution >= 4 is 0 Å². The Hall–Kier alpha value is -0.0800. The molecule has 2 heteroatoms. The normalized spacial score (nSPS) is 36.6. The number of rotatable bonds is 3. The summed E-state index contributed by atoms with van der Waals surface area (Å²) < 4.78 is 0. The summed E-state index contributed by atoms with van der Waals surface area (Å²) in [5, 5.41) is 0. The van der Waals surface area contributed by atoms with Crippen molar-refractivity contribution in [2.45, 2.75) is 83.7 Å². The van der Waals surface area contributed by atoms with Gasteiger partial charge in [-0.1, -0.05) is 46.5 Å². The molecule has 0 radical (unpaired) electrons. The van der Waals surface area contributed by atoms with Crippen molar-refractivity contribution in [1.29, 1.82) is 0 Å². The Balaban J connectivity index is 2.15. The molecule has 2 fully saturated rings. The van der Waals surface area contributed by atoms with Crippen LogP contribution < -0.4 is 5.73 Å². The highest BCUT2D eigenvalue weighted by molar-refractivity contribution is 5.06. The Labute approximate surface area is 120 Å². The summed E-state index contributed by atoms with van der Waals surface area (Å²) in [6.07, 6.45) is 11.0. The molecule has 2 atom stereocenters. The smallest absolute Gasteiger partial charge is 0.0362 e. The van der Waals surface area contributed by atoms with Gasteiger partial charge in [0.15, 0.2) is 0 Å². The van der Waals surface area contributed by atoms with Crippen molar-refractivity contribution in [2.24, 2.45) is 17.1 Å². The first-order chi connectivity index (χ1) is 8.91. The molecule has 2 aliphatic rings. The predicted molar refractivity (Wildman–Crippen MR) is 83.2 cm³/mol. The molecule has 2 N–H and O–H groups in total. The Kier molecular flexibility index (Phi) is 4.62. The molecule has 2 rings (SSSR count). The average Bonchev–Trinajstić information content (AvgIpc) is 2.56. The van der Waals surface area contributed by atoms with Gasteiger partial charge in [-0.2, -0.15) is 0 Å². The van der Waals surface area contributed by atoms with Gasteiger partial charge in [-0.3, -0.25) is 4.90 Å². The zero-order valence-electron chi connectivity index (χ0n) is 13.5. The topological polar surface area (TPSA) is 29.3 Å². The molecule has 0 aromatic rings. The van der Waals surface area contributed by atoms with Gasteiger partial charge in [0.2, 0.25) is 0 Å². The van der Waals surface area contributed by atoms with Crippen LogP contribution in [0.2, 0.25) is 0 Å². The van der Waals surface area contributed by atoms with E-state index < -0.39 is 0 Å². The summed E-state index contributed by atoms with van der Waals surface area (Å²) in [6, 6.07) is 0.766. The van der Waals surface area contributed by atoms with E-state index in [2.05, 4.69) is 32.7 Å². The SMILES string of the molecule is CC1CC(C)(C)CC1(CN)N(C)C1CCCCCC1. The van der Waals surface area contributed by atoms with Crippen molar-refractivity contribution < 1.29 is 0 Å².